The van der Waals surface area contributed by atoms with Gasteiger partial charge < -0.3 is 9.32 Å². The Kier molecular flexibility index (Phi) is 5.00. The highest BCUT2D eigenvalue weighted by molar-refractivity contribution is 7.10. The van der Waals surface area contributed by atoms with Gasteiger partial charge >= 0.3 is 0 Å². The minimum Gasteiger partial charge on any atom is -0.457 e. The molecule has 0 aliphatic heterocycles. The van der Waals surface area contributed by atoms with Gasteiger partial charge in [0.15, 0.2) is 0 Å². The number of furan rings is 1. The van der Waals surface area contributed by atoms with Gasteiger partial charge in [-0.3, -0.25) is 4.79 Å². The first kappa shape index (κ1) is 16.8. The molecule has 0 spiro atoms. The number of rotatable bonds is 6. The molecule has 4 aromatic rings. The van der Waals surface area contributed by atoms with E-state index in [4.69, 9.17) is 4.42 Å². The molecule has 0 aliphatic carbocycles. The molecule has 0 unspecified atom stereocenters. The van der Waals surface area contributed by atoms with Gasteiger partial charge in [0.1, 0.15) is 11.3 Å². The normalized spacial score (nSPS) is 11.4. The molecular formula is C21H17NO2S2. The van der Waals surface area contributed by atoms with Crippen molar-refractivity contribution in [3.8, 4) is 0 Å². The number of para-hydroxylation sites is 1. The Labute approximate surface area is 159 Å². The first-order valence-corrected chi connectivity index (χ1v) is 10.0. The molecular weight excluding hydrogens is 362 g/mol. The summed E-state index contributed by atoms with van der Waals surface area (Å²) in [5, 5.41) is 5.11. The lowest BCUT2D eigenvalue weighted by atomic mass is 10.2. The van der Waals surface area contributed by atoms with Crippen LogP contribution in [0.25, 0.3) is 17.0 Å². The summed E-state index contributed by atoms with van der Waals surface area (Å²) >= 11 is 3.33. The number of carbonyl (C=O) groups excluding carboxylic acids is 1. The predicted octanol–water partition coefficient (Wildman–Crippen LogP) is 5.80. The maximum Gasteiger partial charge on any atom is 0.247 e. The van der Waals surface area contributed by atoms with Gasteiger partial charge in [-0.2, -0.15) is 0 Å². The summed E-state index contributed by atoms with van der Waals surface area (Å²) in [5.41, 5.74) is 0.827. The molecule has 0 bridgehead atoms. The van der Waals surface area contributed by atoms with Crippen molar-refractivity contribution >= 4 is 45.6 Å². The highest BCUT2D eigenvalue weighted by Gasteiger charge is 2.13. The fourth-order valence-electron chi connectivity index (χ4n) is 2.74. The third kappa shape index (κ3) is 3.95. The average Bonchev–Trinajstić information content (AvgIpc) is 3.40. The summed E-state index contributed by atoms with van der Waals surface area (Å²) < 4.78 is 5.76. The Morgan fingerprint density at radius 2 is 1.65 bits per heavy atom. The molecule has 5 heteroatoms. The second kappa shape index (κ2) is 7.72. The zero-order valence-corrected chi connectivity index (χ0v) is 15.6. The van der Waals surface area contributed by atoms with Crippen LogP contribution in [0.15, 0.2) is 75.9 Å². The van der Waals surface area contributed by atoms with Crippen molar-refractivity contribution in [2.24, 2.45) is 0 Å². The number of nitrogens with zero attached hydrogens (tertiary/aromatic N) is 1. The van der Waals surface area contributed by atoms with Crippen LogP contribution in [-0.2, 0) is 17.9 Å². The van der Waals surface area contributed by atoms with Crippen LogP contribution in [-0.4, -0.2) is 10.8 Å². The van der Waals surface area contributed by atoms with Gasteiger partial charge in [0.05, 0.1) is 13.1 Å². The number of benzene rings is 1. The Bertz CT molecular complexity index is 944. The van der Waals surface area contributed by atoms with E-state index >= 15 is 0 Å². The SMILES string of the molecule is O=C(/C=C/c1cc2ccccc2o1)N(Cc1cccs1)Cc1cccs1. The first-order valence-electron chi connectivity index (χ1n) is 8.28. The maximum absolute atomic E-state index is 12.8. The summed E-state index contributed by atoms with van der Waals surface area (Å²) in [5.74, 6) is 0.666. The standard InChI is InChI=1S/C21H17NO2S2/c23-21(10-9-17-13-16-5-1-2-8-20(16)24-17)22(14-18-6-3-11-25-18)15-19-7-4-12-26-19/h1-13H,14-15H2/b10-9+. The number of thiophene rings is 2. The van der Waals surface area contributed by atoms with Gasteiger partial charge in [0, 0.05) is 21.2 Å². The van der Waals surface area contributed by atoms with Crippen LogP contribution in [0.3, 0.4) is 0 Å². The molecule has 4 rings (SSSR count). The van der Waals surface area contributed by atoms with E-state index in [1.54, 1.807) is 34.8 Å². The molecule has 3 nitrogen and oxygen atoms in total. The largest absolute Gasteiger partial charge is 0.457 e. The fourth-order valence-corrected chi connectivity index (χ4v) is 4.18. The van der Waals surface area contributed by atoms with Crippen LogP contribution in [0.2, 0.25) is 0 Å². The summed E-state index contributed by atoms with van der Waals surface area (Å²) in [7, 11) is 0. The Hall–Kier alpha value is -2.63. The number of hydrogen-bond acceptors (Lipinski definition) is 4. The second-order valence-corrected chi connectivity index (χ2v) is 7.94. The minimum absolute atomic E-state index is 0.0211. The first-order chi connectivity index (χ1) is 12.8. The zero-order valence-electron chi connectivity index (χ0n) is 14.0. The molecule has 0 saturated carbocycles. The summed E-state index contributed by atoms with van der Waals surface area (Å²) in [6.07, 6.45) is 3.34. The number of hydrogen-bond donors (Lipinski definition) is 0. The van der Waals surface area contributed by atoms with Gasteiger partial charge in [-0.25, -0.2) is 0 Å². The van der Waals surface area contributed by atoms with Gasteiger partial charge in [0.25, 0.3) is 0 Å². The van der Waals surface area contributed by atoms with Crippen LogP contribution in [0.1, 0.15) is 15.5 Å². The molecule has 0 fully saturated rings. The minimum atomic E-state index is -0.0211. The Morgan fingerprint density at radius 3 is 2.27 bits per heavy atom. The summed E-state index contributed by atoms with van der Waals surface area (Å²) in [6, 6.07) is 17.9. The van der Waals surface area contributed by atoms with Crippen molar-refractivity contribution in [3.63, 3.8) is 0 Å². The molecule has 1 aromatic carbocycles. The van der Waals surface area contributed by atoms with Gasteiger partial charge in [-0.1, -0.05) is 30.3 Å². The number of fused-ring (bicyclic) bond motifs is 1. The van der Waals surface area contributed by atoms with Crippen LogP contribution in [0.5, 0.6) is 0 Å². The lowest BCUT2D eigenvalue weighted by molar-refractivity contribution is -0.127. The second-order valence-electron chi connectivity index (χ2n) is 5.87. The molecule has 1 amide bonds. The third-order valence-electron chi connectivity index (χ3n) is 4.00. The lowest BCUT2D eigenvalue weighted by Gasteiger charge is -2.19. The topological polar surface area (TPSA) is 33.5 Å². The van der Waals surface area contributed by atoms with E-state index in [0.29, 0.717) is 18.8 Å². The number of amides is 1. The van der Waals surface area contributed by atoms with Crippen molar-refractivity contribution in [2.45, 2.75) is 13.1 Å². The summed E-state index contributed by atoms with van der Waals surface area (Å²) in [4.78, 5) is 17.0. The van der Waals surface area contributed by atoms with Crippen molar-refractivity contribution in [1.29, 1.82) is 0 Å². The van der Waals surface area contributed by atoms with E-state index in [2.05, 4.69) is 12.1 Å². The maximum atomic E-state index is 12.8. The highest BCUT2D eigenvalue weighted by Crippen LogP contribution is 2.21. The van der Waals surface area contributed by atoms with E-state index in [1.165, 1.54) is 9.75 Å². The predicted molar refractivity (Wildman–Crippen MR) is 108 cm³/mol. The molecule has 26 heavy (non-hydrogen) atoms. The van der Waals surface area contributed by atoms with Crippen LogP contribution >= 0.6 is 22.7 Å². The van der Waals surface area contributed by atoms with Gasteiger partial charge in [0.2, 0.25) is 5.91 Å². The molecule has 0 radical (unpaired) electrons. The molecule has 130 valence electrons. The molecule has 0 aliphatic rings. The van der Waals surface area contributed by atoms with E-state index in [1.807, 2.05) is 58.1 Å². The Morgan fingerprint density at radius 1 is 0.962 bits per heavy atom. The molecule has 3 heterocycles. The quantitative estimate of drug-likeness (QED) is 0.397. The molecule has 3 aromatic heterocycles. The fraction of sp³-hybridized carbons (Fsp3) is 0.0952. The number of carbonyl (C=O) groups is 1. The van der Waals surface area contributed by atoms with Crippen molar-refractivity contribution < 1.29 is 9.21 Å². The van der Waals surface area contributed by atoms with E-state index < -0.39 is 0 Å². The van der Waals surface area contributed by atoms with Crippen LogP contribution < -0.4 is 0 Å². The molecule has 0 N–H and O–H groups in total. The lowest BCUT2D eigenvalue weighted by Crippen LogP contribution is -2.27. The van der Waals surface area contributed by atoms with E-state index in [0.717, 1.165) is 11.0 Å². The summed E-state index contributed by atoms with van der Waals surface area (Å²) in [6.45, 7) is 1.22. The molecule has 0 atom stereocenters. The van der Waals surface area contributed by atoms with Gasteiger partial charge in [-0.15, -0.1) is 22.7 Å². The monoisotopic (exact) mass is 379 g/mol. The van der Waals surface area contributed by atoms with Crippen molar-refractivity contribution in [2.75, 3.05) is 0 Å². The smallest absolute Gasteiger partial charge is 0.247 e. The van der Waals surface area contributed by atoms with Gasteiger partial charge in [-0.05, 0) is 41.1 Å². The highest BCUT2D eigenvalue weighted by atomic mass is 32.1. The van der Waals surface area contributed by atoms with Crippen LogP contribution in [0, 0.1) is 0 Å². The zero-order chi connectivity index (χ0) is 17.8. The average molecular weight is 380 g/mol. The van der Waals surface area contributed by atoms with Crippen LogP contribution in [0.4, 0.5) is 0 Å². The Balaban J connectivity index is 1.52. The van der Waals surface area contributed by atoms with Crippen molar-refractivity contribution in [3.05, 3.63) is 86.9 Å². The van der Waals surface area contributed by atoms with E-state index in [9.17, 15) is 4.79 Å². The van der Waals surface area contributed by atoms with E-state index in [-0.39, 0.29) is 5.91 Å². The van der Waals surface area contributed by atoms with Crippen molar-refractivity contribution in [1.82, 2.24) is 4.90 Å². The molecule has 0 saturated heterocycles. The third-order valence-corrected chi connectivity index (χ3v) is 5.72.